The van der Waals surface area contributed by atoms with Crippen molar-refractivity contribution in [2.24, 2.45) is 0 Å². The molecule has 0 aliphatic carbocycles. The van der Waals surface area contributed by atoms with Gasteiger partial charge in [0.05, 0.1) is 17.5 Å². The molecule has 2 heterocycles. The largest absolute Gasteiger partial charge is 0.508 e. The van der Waals surface area contributed by atoms with Gasteiger partial charge in [-0.2, -0.15) is 9.12 Å². The summed E-state index contributed by atoms with van der Waals surface area (Å²) in [6.07, 6.45) is 2.66. The fourth-order valence-corrected chi connectivity index (χ4v) is 14.5. The van der Waals surface area contributed by atoms with Gasteiger partial charge in [-0.1, -0.05) is 217 Å². The molecule has 8 aromatic carbocycles. The van der Waals surface area contributed by atoms with Crippen LogP contribution in [0.4, 0.5) is 0 Å². The lowest BCUT2D eigenvalue weighted by molar-refractivity contribution is 0.440. The molecular weight excluding hydrogens is 1090 g/mol. The SMILES string of the molecule is CCCC(c1cc(C(C)(C)C)c(O)cc1C)c1cc(C(C)(C)C)c(OP2Oc3ccccc3-c3ccccc32)cc1C.Cc1cc(Cc2cc(C)cc(C(C)(C)C)c2OP2Oc3ccccc3-c3ccccc32)c(O)c(C(C)(C)C)c1.[3H]B([B])P. The molecule has 11 heteroatoms. The van der Waals surface area contributed by atoms with E-state index in [-0.39, 0.29) is 27.6 Å². The molecule has 2 aliphatic rings. The van der Waals surface area contributed by atoms with Crippen LogP contribution in [0.1, 0.15) is 176 Å². The number of phenols is 2. The number of hydrogen-bond donors (Lipinski definition) is 2. The summed E-state index contributed by atoms with van der Waals surface area (Å²) in [5, 5.41) is 24.4. The third-order valence-corrected chi connectivity index (χ3v) is 18.6. The zero-order chi connectivity index (χ0) is 62.1. The zero-order valence-electron chi connectivity index (χ0n) is 53.7. The fourth-order valence-electron chi connectivity index (χ4n) is 11.4. The molecule has 436 valence electrons. The van der Waals surface area contributed by atoms with Crippen molar-refractivity contribution in [1.82, 2.24) is 0 Å². The Morgan fingerprint density at radius 2 is 0.952 bits per heavy atom. The van der Waals surface area contributed by atoms with E-state index >= 15 is 0 Å². The van der Waals surface area contributed by atoms with E-state index < -0.39 is 23.6 Å². The average molecular weight is 1180 g/mol. The molecule has 8 aromatic rings. The summed E-state index contributed by atoms with van der Waals surface area (Å²) in [6.45, 7) is 36.7. The lowest BCUT2D eigenvalue weighted by Crippen LogP contribution is -2.20. The Balaban J connectivity index is 0.000000209. The first-order chi connectivity index (χ1) is 39.8. The first kappa shape index (κ1) is 62.5. The molecule has 0 saturated heterocycles. The van der Waals surface area contributed by atoms with Crippen LogP contribution in [-0.4, -0.2) is 26.1 Å². The maximum absolute atomic E-state index is 11.4. The van der Waals surface area contributed by atoms with E-state index in [2.05, 4.69) is 230 Å². The fraction of sp³-hybridized carbons (Fsp3) is 0.342. The number of hydrogen-bond acceptors (Lipinski definition) is 6. The zero-order valence-corrected chi connectivity index (χ0v) is 55.7. The molecule has 2 N–H and O–H groups in total. The van der Waals surface area contributed by atoms with E-state index in [1.807, 2.05) is 42.5 Å². The summed E-state index contributed by atoms with van der Waals surface area (Å²) in [6, 6.07) is 50.7. The monoisotopic (exact) mass is 1180 g/mol. The quantitative estimate of drug-likeness (QED) is 0.105. The van der Waals surface area contributed by atoms with Crippen molar-refractivity contribution in [2.45, 2.75) is 165 Å². The van der Waals surface area contributed by atoms with E-state index in [9.17, 15) is 10.2 Å². The second-order valence-electron chi connectivity index (χ2n) is 26.7. The van der Waals surface area contributed by atoms with Gasteiger partial charge in [0.15, 0.2) is 0 Å². The molecule has 0 aromatic heterocycles. The second kappa shape index (κ2) is 25.9. The number of rotatable bonds is 10. The van der Waals surface area contributed by atoms with Crippen LogP contribution in [0.15, 0.2) is 146 Å². The van der Waals surface area contributed by atoms with Gasteiger partial charge in [0.2, 0.25) is 0 Å². The molecule has 84 heavy (non-hydrogen) atoms. The van der Waals surface area contributed by atoms with Crippen molar-refractivity contribution in [1.29, 1.82) is 1.34 Å². The summed E-state index contributed by atoms with van der Waals surface area (Å²) < 4.78 is 33.3. The number of aryl methyl sites for hydroxylation is 4. The molecule has 0 fully saturated rings. The molecule has 6 nitrogen and oxygen atoms in total. The van der Waals surface area contributed by atoms with Crippen LogP contribution in [0.25, 0.3) is 22.3 Å². The summed E-state index contributed by atoms with van der Waals surface area (Å²) in [5.41, 5.74) is 17.5. The highest BCUT2D eigenvalue weighted by Crippen LogP contribution is 2.54. The van der Waals surface area contributed by atoms with Gasteiger partial charge in [-0.15, -0.1) is 0 Å². The highest BCUT2D eigenvalue weighted by atomic mass is 31.2. The van der Waals surface area contributed by atoms with Gasteiger partial charge in [-0.3, -0.25) is 0 Å². The van der Waals surface area contributed by atoms with Crippen molar-refractivity contribution in [3.63, 3.8) is 0 Å². The normalized spacial score (nSPS) is 14.9. The highest BCUT2D eigenvalue weighted by molar-refractivity contribution is 7.65. The van der Waals surface area contributed by atoms with Gasteiger partial charge < -0.3 is 28.3 Å². The van der Waals surface area contributed by atoms with E-state index in [1.54, 1.807) is 0 Å². The molecule has 0 spiro atoms. The van der Waals surface area contributed by atoms with Crippen LogP contribution in [-0.2, 0) is 28.1 Å². The Morgan fingerprint density at radius 1 is 0.536 bits per heavy atom. The van der Waals surface area contributed by atoms with Crippen LogP contribution in [0.2, 0.25) is 0 Å². The predicted molar refractivity (Wildman–Crippen MR) is 364 cm³/mol. The predicted octanol–water partition coefficient (Wildman–Crippen LogP) is 19.2. The van der Waals surface area contributed by atoms with Crippen molar-refractivity contribution in [2.75, 3.05) is 0 Å². The Bertz CT molecular complexity index is 3700. The van der Waals surface area contributed by atoms with E-state index in [1.165, 1.54) is 33.4 Å². The number of benzene rings is 8. The first-order valence-electron chi connectivity index (χ1n) is 30.0. The van der Waals surface area contributed by atoms with Crippen molar-refractivity contribution in [3.05, 3.63) is 212 Å². The van der Waals surface area contributed by atoms with Crippen molar-refractivity contribution < 1.29 is 28.3 Å². The molecule has 4 atom stereocenters. The van der Waals surface area contributed by atoms with Gasteiger partial charge in [0.1, 0.15) is 34.5 Å². The van der Waals surface area contributed by atoms with E-state index in [0.29, 0.717) is 17.9 Å². The second-order valence-corrected chi connectivity index (χ2v) is 29.8. The van der Waals surface area contributed by atoms with Gasteiger partial charge in [0, 0.05) is 42.3 Å². The Labute approximate surface area is 511 Å². The maximum Gasteiger partial charge on any atom is 0.326 e. The first-order valence-corrected chi connectivity index (χ1v) is 32.5. The number of para-hydroxylation sites is 2. The summed E-state index contributed by atoms with van der Waals surface area (Å²) in [4.78, 5) is 0. The standard InChI is InChI=1S/C38H45O3P.C35H39O3P.B2H3P/c1-10-15-26(29-22-31(37(4,5)6)33(39)20-24(29)2)30-23-32(38(7,8)9)35(21-25(30)3)41-42-36-19-14-12-17-28(36)27-16-11-13-18-34(27)40-42;1-22-17-24(32(36)28(19-22)34(3,4)5)21-25-18-23(2)20-29(35(6,7)8)33(25)38-39-31-16-12-10-14-27(31)26-13-9-11-15-30(26)37-39;1-2-3/h11-14,16-23,26,39H,10,15H2,1-9H3;9-20,36H,21H2,1-8H3;2H,3H2/i;;2T. The van der Waals surface area contributed by atoms with Crippen molar-refractivity contribution >= 4 is 51.1 Å². The minimum Gasteiger partial charge on any atom is -0.508 e. The summed E-state index contributed by atoms with van der Waals surface area (Å²) >= 11 is 0. The van der Waals surface area contributed by atoms with Crippen LogP contribution in [0.3, 0.4) is 0 Å². The van der Waals surface area contributed by atoms with Gasteiger partial charge >= 0.3 is 16.8 Å². The molecule has 2 aliphatic heterocycles. The Kier molecular flexibility index (Phi) is 19.3. The number of phenolic OH excluding ortho intramolecular Hbond substituents is 2. The van der Waals surface area contributed by atoms with Crippen LogP contribution < -0.4 is 28.7 Å². The molecule has 10 rings (SSSR count). The molecule has 0 bridgehead atoms. The van der Waals surface area contributed by atoms with Crippen LogP contribution in [0, 0.1) is 27.7 Å². The molecule has 2 radical (unpaired) electrons. The summed E-state index contributed by atoms with van der Waals surface area (Å²) in [7, 11) is 4.07. The molecular formula is C73H87B2O6P3. The van der Waals surface area contributed by atoms with Gasteiger partial charge in [-0.05, 0) is 149 Å². The van der Waals surface area contributed by atoms with Crippen LogP contribution >= 0.6 is 25.9 Å². The topological polar surface area (TPSA) is 77.4 Å². The third kappa shape index (κ3) is 14.3. The third-order valence-electron chi connectivity index (χ3n) is 15.6. The Hall–Kier alpha value is -6.02. The van der Waals surface area contributed by atoms with E-state index in [4.69, 9.17) is 27.2 Å². The molecule has 0 amide bonds. The maximum atomic E-state index is 11.4. The number of aromatic hydroxyl groups is 2. The Morgan fingerprint density at radius 3 is 1.44 bits per heavy atom. The number of fused-ring (bicyclic) bond motifs is 6. The minimum atomic E-state index is -1.42. The van der Waals surface area contributed by atoms with Crippen LogP contribution in [0.5, 0.6) is 34.5 Å². The minimum absolute atomic E-state index is 0.141. The van der Waals surface area contributed by atoms with E-state index in [0.717, 1.165) is 102 Å². The van der Waals surface area contributed by atoms with Gasteiger partial charge in [-0.25, -0.2) is 0 Å². The van der Waals surface area contributed by atoms with Crippen molar-refractivity contribution in [3.8, 4) is 56.8 Å². The lowest BCUT2D eigenvalue weighted by atomic mass is 9.76. The summed E-state index contributed by atoms with van der Waals surface area (Å²) in [5.74, 6) is 4.43. The van der Waals surface area contributed by atoms with Gasteiger partial charge in [0.25, 0.3) is 0 Å². The average Bonchev–Trinajstić information content (AvgIpc) is 1.62. The lowest BCUT2D eigenvalue weighted by Gasteiger charge is -2.32. The smallest absolute Gasteiger partial charge is 0.326 e. The molecule has 4 unspecified atom stereocenters. The highest BCUT2D eigenvalue weighted by Gasteiger charge is 2.35. The molecule has 0 saturated carbocycles.